The van der Waals surface area contributed by atoms with Crippen molar-refractivity contribution in [2.75, 3.05) is 0 Å². The number of amides is 3. The fourth-order valence-electron chi connectivity index (χ4n) is 4.49. The molecule has 4 rings (SSSR count). The minimum absolute atomic E-state index is 0.0138. The van der Waals surface area contributed by atoms with Gasteiger partial charge in [0.2, 0.25) is 17.7 Å². The second kappa shape index (κ2) is 13.5. The normalized spacial score (nSPS) is 14.3. The van der Waals surface area contributed by atoms with Crippen molar-refractivity contribution in [1.82, 2.24) is 25.2 Å². The number of primary amides is 1. The molecule has 0 saturated carbocycles. The number of carbonyl (C=O) groups excluding carboxylic acids is 3. The molecule has 0 unspecified atom stereocenters. The first-order chi connectivity index (χ1) is 20.4. The Balaban J connectivity index is 1.76. The highest BCUT2D eigenvalue weighted by Gasteiger charge is 2.34. The predicted octanol–water partition coefficient (Wildman–Crippen LogP) is 1.40. The van der Waals surface area contributed by atoms with Gasteiger partial charge in [-0.25, -0.2) is 4.98 Å². The second-order valence-electron chi connectivity index (χ2n) is 10.0. The van der Waals surface area contributed by atoms with E-state index in [1.807, 2.05) is 18.2 Å². The van der Waals surface area contributed by atoms with Crippen LogP contribution in [0.1, 0.15) is 23.7 Å². The number of fused-ring (bicyclic) bond motifs is 1. The number of imidazole rings is 1. The van der Waals surface area contributed by atoms with Gasteiger partial charge in [-0.05, 0) is 42.8 Å². The van der Waals surface area contributed by atoms with E-state index >= 15 is 0 Å². The first-order valence-corrected chi connectivity index (χ1v) is 14.0. The van der Waals surface area contributed by atoms with Crippen LogP contribution in [0.3, 0.4) is 0 Å². The van der Waals surface area contributed by atoms with Gasteiger partial charge in [-0.2, -0.15) is 0 Å². The largest absolute Gasteiger partial charge is 0.504 e. The van der Waals surface area contributed by atoms with Gasteiger partial charge < -0.3 is 47.0 Å². The van der Waals surface area contributed by atoms with E-state index in [1.54, 1.807) is 12.3 Å². The second-order valence-corrected chi connectivity index (χ2v) is 11.0. The average molecular weight is 655 g/mol. The number of phenolic OH excluding ortho intramolecular Hbond substituents is 2. The van der Waals surface area contributed by atoms with Crippen LogP contribution in [-0.4, -0.2) is 77.1 Å². The van der Waals surface area contributed by atoms with Crippen LogP contribution in [0, 0.1) is 0 Å². The molecule has 0 aliphatic carbocycles. The summed E-state index contributed by atoms with van der Waals surface area (Å²) in [6, 6.07) is 5.72. The number of aliphatic hydroxyl groups is 1. The molecule has 0 fully saturated rings. The lowest BCUT2D eigenvalue weighted by molar-refractivity contribution is -0.140. The van der Waals surface area contributed by atoms with E-state index in [9.17, 15) is 29.7 Å². The molecule has 0 aliphatic heterocycles. The van der Waals surface area contributed by atoms with Crippen LogP contribution >= 0.6 is 15.9 Å². The number of aromatic hydroxyl groups is 2. The minimum Gasteiger partial charge on any atom is -0.504 e. The summed E-state index contributed by atoms with van der Waals surface area (Å²) < 4.78 is 0.872. The lowest BCUT2D eigenvalue weighted by Gasteiger charge is -2.31. The summed E-state index contributed by atoms with van der Waals surface area (Å²) in [6.45, 7) is 1.33. The monoisotopic (exact) mass is 653 g/mol. The summed E-state index contributed by atoms with van der Waals surface area (Å²) in [7, 11) is 0. The number of aromatic amines is 2. The number of hydrogen-bond acceptors (Lipinski definition) is 8. The van der Waals surface area contributed by atoms with Crippen molar-refractivity contribution in [3.63, 3.8) is 0 Å². The van der Waals surface area contributed by atoms with Gasteiger partial charge in [0.1, 0.15) is 18.1 Å². The zero-order valence-corrected chi connectivity index (χ0v) is 24.7. The maximum absolute atomic E-state index is 14.3. The molecule has 2 heterocycles. The highest BCUT2D eigenvalue weighted by atomic mass is 79.9. The van der Waals surface area contributed by atoms with Crippen molar-refractivity contribution in [3.05, 3.63) is 82.6 Å². The number of hydrogen-bond donors (Lipinski definition) is 8. The number of nitrogens with two attached hydrogens (primary N) is 2. The SMILES string of the molecule is C[C@@H](O)[C@H](N)C(=O)N[C@@H](Cc1ccc(O)c(O)c1)C(=O)N(C=Cc1c[nH]c2cc(Br)ccc12)[C@@H](Cc1cnc[nH]1)C(N)=O. The van der Waals surface area contributed by atoms with Gasteiger partial charge in [0.25, 0.3) is 0 Å². The Morgan fingerprint density at radius 2 is 1.88 bits per heavy atom. The summed E-state index contributed by atoms with van der Waals surface area (Å²) in [5, 5.41) is 33.1. The highest BCUT2D eigenvalue weighted by Crippen LogP contribution is 2.27. The third-order valence-corrected chi connectivity index (χ3v) is 7.39. The quantitative estimate of drug-likeness (QED) is 0.104. The van der Waals surface area contributed by atoms with Crippen molar-refractivity contribution < 1.29 is 29.7 Å². The third-order valence-electron chi connectivity index (χ3n) is 6.89. The Morgan fingerprint density at radius 1 is 1.12 bits per heavy atom. The molecule has 14 heteroatoms. The van der Waals surface area contributed by atoms with Crippen LogP contribution in [0.25, 0.3) is 17.0 Å². The number of halogens is 1. The van der Waals surface area contributed by atoms with Gasteiger partial charge in [0.05, 0.1) is 12.4 Å². The van der Waals surface area contributed by atoms with Crippen molar-refractivity contribution in [1.29, 1.82) is 0 Å². The summed E-state index contributed by atoms with van der Waals surface area (Å²) in [5.74, 6) is -3.14. The molecule has 43 heavy (non-hydrogen) atoms. The summed E-state index contributed by atoms with van der Waals surface area (Å²) in [5.41, 5.74) is 14.1. The molecule has 2 aromatic carbocycles. The molecular weight excluding hydrogens is 622 g/mol. The minimum atomic E-state index is -1.35. The van der Waals surface area contributed by atoms with E-state index < -0.39 is 47.7 Å². The molecule has 0 radical (unpaired) electrons. The molecule has 4 atom stereocenters. The average Bonchev–Trinajstić information content (AvgIpc) is 3.63. The van der Waals surface area contributed by atoms with E-state index in [-0.39, 0.29) is 18.6 Å². The summed E-state index contributed by atoms with van der Waals surface area (Å²) >= 11 is 3.44. The predicted molar refractivity (Wildman–Crippen MR) is 162 cm³/mol. The topological polar surface area (TPSA) is 224 Å². The first-order valence-electron chi connectivity index (χ1n) is 13.2. The Bertz CT molecular complexity index is 1640. The fourth-order valence-corrected chi connectivity index (χ4v) is 4.85. The summed E-state index contributed by atoms with van der Waals surface area (Å²) in [4.78, 5) is 51.2. The number of rotatable bonds is 12. The molecular formula is C29H32BrN7O6. The Hall–Kier alpha value is -4.66. The molecule has 3 amide bonds. The molecule has 0 bridgehead atoms. The zero-order chi connectivity index (χ0) is 31.3. The molecule has 13 nitrogen and oxygen atoms in total. The standard InChI is InChI=1S/C29H32BrN7O6/c1-15(38)26(31)28(42)36-22(8-16-2-5-24(39)25(40)9-16)29(43)37(23(27(32)41)11-19-13-33-14-35-19)7-6-17-12-34-21-10-18(30)3-4-20(17)21/h2-7,9-10,12-15,22-23,26,34,38-40H,8,11,31H2,1H3,(H2,32,41)(H,33,35)(H,36,42)/t15-,22+,23+,26+/m1/s1. The molecule has 10 N–H and O–H groups in total. The number of H-pyrrole nitrogens is 2. The van der Waals surface area contributed by atoms with Gasteiger partial charge in [0.15, 0.2) is 11.5 Å². The van der Waals surface area contributed by atoms with Crippen LogP contribution in [0.4, 0.5) is 0 Å². The lowest BCUT2D eigenvalue weighted by atomic mass is 10.0. The van der Waals surface area contributed by atoms with Crippen molar-refractivity contribution in [2.24, 2.45) is 11.5 Å². The molecule has 226 valence electrons. The first kappa shape index (κ1) is 31.3. The number of phenols is 2. The molecule has 0 spiro atoms. The van der Waals surface area contributed by atoms with Gasteiger partial charge in [-0.1, -0.05) is 28.1 Å². The number of aromatic nitrogens is 3. The van der Waals surface area contributed by atoms with Gasteiger partial charge in [-0.3, -0.25) is 14.4 Å². The van der Waals surface area contributed by atoms with E-state index in [1.165, 1.54) is 43.8 Å². The number of nitrogens with zero attached hydrogens (tertiary/aromatic N) is 2. The van der Waals surface area contributed by atoms with Gasteiger partial charge in [-0.15, -0.1) is 0 Å². The Morgan fingerprint density at radius 3 is 2.53 bits per heavy atom. The van der Waals surface area contributed by atoms with Gasteiger partial charge in [0, 0.05) is 58.1 Å². The smallest absolute Gasteiger partial charge is 0.250 e. The number of carbonyl (C=O) groups is 3. The van der Waals surface area contributed by atoms with E-state index in [2.05, 4.69) is 36.2 Å². The van der Waals surface area contributed by atoms with Crippen LogP contribution < -0.4 is 16.8 Å². The number of aliphatic hydroxyl groups excluding tert-OH is 1. The zero-order valence-electron chi connectivity index (χ0n) is 23.1. The fraction of sp³-hybridized carbons (Fsp3) is 0.241. The van der Waals surface area contributed by atoms with Crippen molar-refractivity contribution >= 4 is 50.6 Å². The van der Waals surface area contributed by atoms with Crippen LogP contribution in [-0.2, 0) is 27.2 Å². The number of nitrogens with one attached hydrogen (secondary N) is 3. The Labute approximate surface area is 254 Å². The maximum atomic E-state index is 14.3. The summed E-state index contributed by atoms with van der Waals surface area (Å²) in [6.07, 6.45) is 6.33. The third kappa shape index (κ3) is 7.60. The number of benzene rings is 2. The molecule has 0 saturated heterocycles. The molecule has 4 aromatic rings. The Kier molecular flexibility index (Phi) is 9.85. The van der Waals surface area contributed by atoms with E-state index in [4.69, 9.17) is 11.5 Å². The van der Waals surface area contributed by atoms with Crippen LogP contribution in [0.15, 0.2) is 65.8 Å². The lowest BCUT2D eigenvalue weighted by Crippen LogP contribution is -2.57. The highest BCUT2D eigenvalue weighted by molar-refractivity contribution is 9.10. The molecule has 0 aliphatic rings. The van der Waals surface area contributed by atoms with Crippen molar-refractivity contribution in [3.8, 4) is 11.5 Å². The maximum Gasteiger partial charge on any atom is 0.250 e. The van der Waals surface area contributed by atoms with E-state index in [0.717, 1.165) is 20.3 Å². The van der Waals surface area contributed by atoms with Crippen LogP contribution in [0.2, 0.25) is 0 Å². The van der Waals surface area contributed by atoms with E-state index in [0.29, 0.717) is 16.8 Å². The van der Waals surface area contributed by atoms with Gasteiger partial charge >= 0.3 is 0 Å². The molecule has 2 aromatic heterocycles. The van der Waals surface area contributed by atoms with Crippen molar-refractivity contribution in [2.45, 2.75) is 44.0 Å². The van der Waals surface area contributed by atoms with Crippen LogP contribution in [0.5, 0.6) is 11.5 Å².